The van der Waals surface area contributed by atoms with Crippen molar-refractivity contribution in [2.75, 3.05) is 98.2 Å². The molecule has 0 radical (unpaired) electrons. The number of benzene rings is 3. The van der Waals surface area contributed by atoms with E-state index >= 15 is 4.39 Å². The first-order valence-corrected chi connectivity index (χ1v) is 29.2. The summed E-state index contributed by atoms with van der Waals surface area (Å²) in [6, 6.07) is 14.8. The fraction of sp³-hybridized carbons (Fsp3) is 0.500. The number of aromatic nitrogens is 2. The van der Waals surface area contributed by atoms with Gasteiger partial charge in [-0.05, 0) is 111 Å². The monoisotopic (exact) mass is 1110 g/mol. The number of amides is 5. The number of hydrogen-bond donors (Lipinski definition) is 3. The Morgan fingerprint density at radius 2 is 1.47 bits per heavy atom. The van der Waals surface area contributed by atoms with E-state index in [0.717, 1.165) is 102 Å². The summed E-state index contributed by atoms with van der Waals surface area (Å²) in [5, 5.41) is 14.3. The van der Waals surface area contributed by atoms with Crippen molar-refractivity contribution in [1.82, 2.24) is 50.2 Å². The molecule has 16 nitrogen and oxygen atoms in total. The molecular weight excluding hydrogens is 1040 g/mol. The number of halogens is 3. The Kier molecular flexibility index (Phi) is 18.9. The van der Waals surface area contributed by atoms with E-state index in [1.165, 1.54) is 18.2 Å². The number of nitrogens with zero attached hydrogens (tertiary/aromatic N) is 7. The van der Waals surface area contributed by atoms with Gasteiger partial charge in [-0.1, -0.05) is 67.8 Å². The van der Waals surface area contributed by atoms with Crippen molar-refractivity contribution in [3.8, 4) is 0 Å². The van der Waals surface area contributed by atoms with Crippen LogP contribution >= 0.6 is 0 Å². The Morgan fingerprint density at radius 1 is 0.704 bits per heavy atom. The normalized spacial score (nSPS) is 20.0. The van der Waals surface area contributed by atoms with Crippen LogP contribution in [0.25, 0.3) is 12.2 Å². The molecule has 81 heavy (non-hydrogen) atoms. The molecule has 10 rings (SSSR count). The van der Waals surface area contributed by atoms with Crippen LogP contribution in [0.1, 0.15) is 113 Å². The zero-order valence-corrected chi connectivity index (χ0v) is 46.2. The number of aromatic amines is 1. The van der Waals surface area contributed by atoms with Crippen molar-refractivity contribution in [1.29, 1.82) is 0 Å². The van der Waals surface area contributed by atoms with Gasteiger partial charge in [-0.15, -0.1) is 0 Å². The average Bonchev–Trinajstić information content (AvgIpc) is 3.77. The number of hydrogen-bond acceptors (Lipinski definition) is 10. The van der Waals surface area contributed by atoms with E-state index in [1.807, 2.05) is 47.4 Å². The molecule has 0 bridgehead atoms. The summed E-state index contributed by atoms with van der Waals surface area (Å²) in [4.78, 5) is 93.3. The summed E-state index contributed by atoms with van der Waals surface area (Å²) in [6.07, 6.45) is 17.0. The van der Waals surface area contributed by atoms with Gasteiger partial charge in [-0.25, -0.2) is 18.3 Å². The highest BCUT2D eigenvalue weighted by Crippen LogP contribution is 2.31. The molecule has 4 aliphatic heterocycles. The standard InChI is InChI=1S/C62H75F3N10O6/c63-49-18-17-47(54(65)36-49)37-66-38-56(76)75-22-8-13-48(40-75)45-11-7-12-46(35-45)59(78)67-58(44-9-3-1-4-10-44)62(81)74-27-25-71(26-28-74)39-42-20-23-70(24-21-42)41-57(77)72-29-31-73(32-30-72)61(80)52-33-43(16-19-53(52)64)34-55-50-14-5-2-6-15-51(50)60(79)69-68-55/h2,5,7,11-12,14-19,33,35-36,42,44,48,58,66H,1,3-4,6,8-10,13,20-32,34,37-41H2,(H,67,78)(H,69,79). The second kappa shape index (κ2) is 26.7. The van der Waals surface area contributed by atoms with Crippen molar-refractivity contribution in [2.45, 2.75) is 89.1 Å². The Bertz CT molecular complexity index is 3160. The minimum Gasteiger partial charge on any atom is -0.341 e. The van der Waals surface area contributed by atoms with Gasteiger partial charge < -0.3 is 30.2 Å². The van der Waals surface area contributed by atoms with E-state index in [9.17, 15) is 37.5 Å². The minimum absolute atomic E-state index is 0.0173. The molecule has 4 saturated heterocycles. The largest absolute Gasteiger partial charge is 0.341 e. The summed E-state index contributed by atoms with van der Waals surface area (Å²) in [7, 11) is 0. The highest BCUT2D eigenvalue weighted by atomic mass is 19.1. The third-order valence-electron chi connectivity index (χ3n) is 17.5. The number of rotatable bonds is 16. The molecule has 5 fully saturated rings. The molecule has 2 aliphatic carbocycles. The van der Waals surface area contributed by atoms with Crippen LogP contribution in [0.4, 0.5) is 13.2 Å². The number of piperazine rings is 2. The number of allylic oxidation sites excluding steroid dienone is 2. The van der Waals surface area contributed by atoms with Crippen LogP contribution in [0.15, 0.2) is 77.6 Å². The zero-order chi connectivity index (χ0) is 56.4. The zero-order valence-electron chi connectivity index (χ0n) is 46.2. The number of likely N-dealkylation sites (tertiary alicyclic amines) is 2. The third kappa shape index (κ3) is 14.4. The molecular formula is C62H75F3N10O6. The molecule has 1 aromatic heterocycles. The van der Waals surface area contributed by atoms with E-state index in [1.54, 1.807) is 32.9 Å². The van der Waals surface area contributed by atoms with Gasteiger partial charge in [0.2, 0.25) is 17.7 Å². The molecule has 6 aliphatic rings. The number of nitrogens with one attached hydrogen (secondary N) is 3. The lowest BCUT2D eigenvalue weighted by Gasteiger charge is -2.41. The fourth-order valence-corrected chi connectivity index (χ4v) is 12.7. The molecule has 19 heteroatoms. The first-order chi connectivity index (χ1) is 39.3. The number of carbonyl (C=O) groups excluding carboxylic acids is 5. The van der Waals surface area contributed by atoms with Gasteiger partial charge in [0.25, 0.3) is 17.4 Å². The van der Waals surface area contributed by atoms with Gasteiger partial charge in [0.15, 0.2) is 0 Å². The SMILES string of the molecule is O=C(NC(C(=O)N1CCN(CC2CCN(CC(=O)N3CCN(C(=O)c4cc(Cc5n[nH]c(=O)c6c5=CC=CCC=6)ccc4F)CC3)CC2)CC1)C1CCCCC1)c1cccc(C2CCCN(C(=O)CNCc3ccc(F)cc3F)C2)c1. The van der Waals surface area contributed by atoms with Crippen LogP contribution in [0, 0.1) is 29.3 Å². The van der Waals surface area contributed by atoms with Gasteiger partial charge in [0.1, 0.15) is 23.5 Å². The lowest BCUT2D eigenvalue weighted by molar-refractivity contribution is -0.137. The van der Waals surface area contributed by atoms with E-state index < -0.39 is 29.4 Å². The van der Waals surface area contributed by atoms with Crippen LogP contribution in [0.5, 0.6) is 0 Å². The van der Waals surface area contributed by atoms with E-state index in [2.05, 4.69) is 30.6 Å². The quantitative estimate of drug-likeness (QED) is 0.147. The number of carbonyl (C=O) groups is 5. The topological polar surface area (TPSA) is 175 Å². The van der Waals surface area contributed by atoms with E-state index in [4.69, 9.17) is 0 Å². The maximum Gasteiger partial charge on any atom is 0.271 e. The molecule has 1 saturated carbocycles. The molecule has 4 aromatic rings. The van der Waals surface area contributed by atoms with Crippen molar-refractivity contribution in [3.05, 3.63) is 145 Å². The van der Waals surface area contributed by atoms with Crippen LogP contribution < -0.4 is 26.6 Å². The molecule has 2 atom stereocenters. The molecule has 0 spiro atoms. The van der Waals surface area contributed by atoms with Crippen LogP contribution in [0.3, 0.4) is 0 Å². The molecule has 2 unspecified atom stereocenters. The Hall–Kier alpha value is -6.96. The smallest absolute Gasteiger partial charge is 0.271 e. The van der Waals surface area contributed by atoms with Crippen molar-refractivity contribution < 1.29 is 37.1 Å². The molecule has 5 amide bonds. The van der Waals surface area contributed by atoms with Crippen LogP contribution in [-0.2, 0) is 27.3 Å². The fourth-order valence-electron chi connectivity index (χ4n) is 12.7. The predicted octanol–water partition coefficient (Wildman–Crippen LogP) is 4.31. The number of piperidine rings is 2. The summed E-state index contributed by atoms with van der Waals surface area (Å²) < 4.78 is 42.7. The van der Waals surface area contributed by atoms with Crippen molar-refractivity contribution in [2.24, 2.45) is 11.8 Å². The summed E-state index contributed by atoms with van der Waals surface area (Å²) in [5.74, 6) is -2.18. The van der Waals surface area contributed by atoms with Gasteiger partial charge in [0, 0.05) is 119 Å². The van der Waals surface area contributed by atoms with Gasteiger partial charge >= 0.3 is 0 Å². The molecule has 430 valence electrons. The Balaban J connectivity index is 0.652. The molecule has 3 aromatic carbocycles. The number of fused-ring (bicyclic) bond motifs is 1. The molecule has 5 heterocycles. The second-order valence-electron chi connectivity index (χ2n) is 22.9. The maximum absolute atomic E-state index is 15.2. The van der Waals surface area contributed by atoms with E-state index in [0.29, 0.717) is 105 Å². The summed E-state index contributed by atoms with van der Waals surface area (Å²) in [5.41, 5.74) is 2.74. The van der Waals surface area contributed by atoms with Crippen molar-refractivity contribution >= 4 is 41.7 Å². The summed E-state index contributed by atoms with van der Waals surface area (Å²) in [6.45, 7) is 8.06. The van der Waals surface area contributed by atoms with Crippen molar-refractivity contribution in [3.63, 3.8) is 0 Å². The van der Waals surface area contributed by atoms with Gasteiger partial charge in [0.05, 0.1) is 24.3 Å². The Labute approximate surface area is 471 Å². The number of H-pyrrole nitrogens is 1. The maximum atomic E-state index is 15.2. The average molecular weight is 1110 g/mol. The van der Waals surface area contributed by atoms with Gasteiger partial charge in [-0.2, -0.15) is 5.10 Å². The highest BCUT2D eigenvalue weighted by molar-refractivity contribution is 5.98. The lowest BCUT2D eigenvalue weighted by Crippen LogP contribution is -2.57. The first-order valence-electron chi connectivity index (χ1n) is 29.2. The first kappa shape index (κ1) is 57.3. The molecule has 3 N–H and O–H groups in total. The summed E-state index contributed by atoms with van der Waals surface area (Å²) >= 11 is 0. The van der Waals surface area contributed by atoms with Crippen LogP contribution in [0.2, 0.25) is 0 Å². The van der Waals surface area contributed by atoms with E-state index in [-0.39, 0.29) is 65.2 Å². The third-order valence-corrected chi connectivity index (χ3v) is 17.5. The predicted molar refractivity (Wildman–Crippen MR) is 302 cm³/mol. The minimum atomic E-state index is -0.658. The lowest BCUT2D eigenvalue weighted by atomic mass is 9.83. The Morgan fingerprint density at radius 3 is 2.25 bits per heavy atom. The highest BCUT2D eigenvalue weighted by Gasteiger charge is 2.37. The van der Waals surface area contributed by atoms with Gasteiger partial charge in [-0.3, -0.25) is 38.6 Å². The van der Waals surface area contributed by atoms with Crippen LogP contribution in [-0.4, -0.2) is 173 Å². The second-order valence-corrected chi connectivity index (χ2v) is 22.9.